The van der Waals surface area contributed by atoms with Gasteiger partial charge in [0.25, 0.3) is 0 Å². The minimum Gasteiger partial charge on any atom is -0.303 e. The maximum atomic E-state index is 11.8. The van der Waals surface area contributed by atoms with E-state index in [0.717, 1.165) is 6.08 Å². The quantitative estimate of drug-likeness (QED) is 0.608. The Kier molecular flexibility index (Phi) is 3.42. The standard InChI is InChI=1S/C6H10F3N/c1-3-5(10-4-2)6(7,8)9/h3,5,10H,1,4H2,2H3. The molecule has 0 aromatic carbocycles. The van der Waals surface area contributed by atoms with E-state index in [2.05, 4.69) is 11.9 Å². The highest BCUT2D eigenvalue weighted by Gasteiger charge is 2.36. The van der Waals surface area contributed by atoms with E-state index >= 15 is 0 Å². The molecule has 0 radical (unpaired) electrons. The van der Waals surface area contributed by atoms with Crippen LogP contribution in [0.3, 0.4) is 0 Å². The van der Waals surface area contributed by atoms with Crippen LogP contribution in [0.25, 0.3) is 0 Å². The van der Waals surface area contributed by atoms with Gasteiger partial charge in [-0.05, 0) is 6.54 Å². The van der Waals surface area contributed by atoms with Crippen LogP contribution in [0.2, 0.25) is 0 Å². The summed E-state index contributed by atoms with van der Waals surface area (Å²) in [5, 5.41) is 2.23. The summed E-state index contributed by atoms with van der Waals surface area (Å²) in [5.74, 6) is 0. The van der Waals surface area contributed by atoms with E-state index in [1.54, 1.807) is 6.92 Å². The average molecular weight is 153 g/mol. The van der Waals surface area contributed by atoms with Crippen molar-refractivity contribution in [3.05, 3.63) is 12.7 Å². The fourth-order valence-corrected chi connectivity index (χ4v) is 0.553. The topological polar surface area (TPSA) is 12.0 Å². The molecule has 0 bridgehead atoms. The van der Waals surface area contributed by atoms with E-state index in [9.17, 15) is 13.2 Å². The Hall–Kier alpha value is -0.510. The highest BCUT2D eigenvalue weighted by Crippen LogP contribution is 2.20. The Bertz CT molecular complexity index is 108. The van der Waals surface area contributed by atoms with E-state index in [1.807, 2.05) is 0 Å². The minimum absolute atomic E-state index is 0.288. The SMILES string of the molecule is C=CC(NCC)C(F)(F)F. The van der Waals surface area contributed by atoms with Gasteiger partial charge in [0.2, 0.25) is 0 Å². The lowest BCUT2D eigenvalue weighted by Crippen LogP contribution is -2.40. The lowest BCUT2D eigenvalue weighted by molar-refractivity contribution is -0.144. The molecule has 0 fully saturated rings. The van der Waals surface area contributed by atoms with E-state index in [0.29, 0.717) is 0 Å². The molecule has 1 nitrogen and oxygen atoms in total. The van der Waals surface area contributed by atoms with Gasteiger partial charge in [-0.3, -0.25) is 0 Å². The monoisotopic (exact) mass is 153 g/mol. The van der Waals surface area contributed by atoms with Gasteiger partial charge in [-0.25, -0.2) is 0 Å². The molecule has 0 aromatic heterocycles. The normalized spacial score (nSPS) is 14.8. The minimum atomic E-state index is -4.21. The van der Waals surface area contributed by atoms with Crippen LogP contribution < -0.4 is 5.32 Å². The zero-order valence-corrected chi connectivity index (χ0v) is 5.70. The van der Waals surface area contributed by atoms with Gasteiger partial charge in [0.15, 0.2) is 0 Å². The molecule has 60 valence electrons. The summed E-state index contributed by atoms with van der Waals surface area (Å²) in [7, 11) is 0. The van der Waals surface area contributed by atoms with Crippen LogP contribution in [0, 0.1) is 0 Å². The molecular weight excluding hydrogens is 143 g/mol. The molecule has 0 aliphatic carbocycles. The maximum Gasteiger partial charge on any atom is 0.407 e. The molecular formula is C6H10F3N. The van der Waals surface area contributed by atoms with Crippen molar-refractivity contribution in [3.8, 4) is 0 Å². The summed E-state index contributed by atoms with van der Waals surface area (Å²) in [4.78, 5) is 0. The largest absolute Gasteiger partial charge is 0.407 e. The number of alkyl halides is 3. The van der Waals surface area contributed by atoms with Gasteiger partial charge in [-0.15, -0.1) is 6.58 Å². The number of likely N-dealkylation sites (N-methyl/N-ethyl adjacent to an activating group) is 1. The van der Waals surface area contributed by atoms with Gasteiger partial charge in [0.05, 0.1) is 0 Å². The van der Waals surface area contributed by atoms with Crippen molar-refractivity contribution in [1.29, 1.82) is 0 Å². The molecule has 10 heavy (non-hydrogen) atoms. The smallest absolute Gasteiger partial charge is 0.303 e. The molecule has 1 N–H and O–H groups in total. The summed E-state index contributed by atoms with van der Waals surface area (Å²) < 4.78 is 35.3. The maximum absolute atomic E-state index is 11.8. The van der Waals surface area contributed by atoms with Crippen LogP contribution in [0.1, 0.15) is 6.92 Å². The second kappa shape index (κ2) is 3.61. The first-order valence-corrected chi connectivity index (χ1v) is 2.95. The van der Waals surface area contributed by atoms with Crippen molar-refractivity contribution in [2.75, 3.05) is 6.54 Å². The Morgan fingerprint density at radius 1 is 1.60 bits per heavy atom. The predicted octanol–water partition coefficient (Wildman–Crippen LogP) is 1.71. The summed E-state index contributed by atoms with van der Waals surface area (Å²) in [6, 6.07) is -1.57. The van der Waals surface area contributed by atoms with Crippen LogP contribution >= 0.6 is 0 Å². The fraction of sp³-hybridized carbons (Fsp3) is 0.667. The first kappa shape index (κ1) is 9.49. The van der Waals surface area contributed by atoms with Crippen molar-refractivity contribution in [3.63, 3.8) is 0 Å². The van der Waals surface area contributed by atoms with Crippen LogP contribution in [0.4, 0.5) is 13.2 Å². The Balaban J connectivity index is 3.93. The highest BCUT2D eigenvalue weighted by molar-refractivity contribution is 4.90. The second-order valence-corrected chi connectivity index (χ2v) is 1.81. The molecule has 0 aliphatic rings. The van der Waals surface area contributed by atoms with Crippen molar-refractivity contribution >= 4 is 0 Å². The lowest BCUT2D eigenvalue weighted by Gasteiger charge is -2.16. The molecule has 0 spiro atoms. The highest BCUT2D eigenvalue weighted by atomic mass is 19.4. The number of hydrogen-bond acceptors (Lipinski definition) is 1. The van der Waals surface area contributed by atoms with Crippen molar-refractivity contribution in [1.82, 2.24) is 5.32 Å². The molecule has 0 rings (SSSR count). The lowest BCUT2D eigenvalue weighted by atomic mass is 10.3. The summed E-state index contributed by atoms with van der Waals surface area (Å²) in [5.41, 5.74) is 0. The van der Waals surface area contributed by atoms with Gasteiger partial charge in [0.1, 0.15) is 6.04 Å². The molecule has 4 heteroatoms. The van der Waals surface area contributed by atoms with E-state index in [4.69, 9.17) is 0 Å². The fourth-order valence-electron chi connectivity index (χ4n) is 0.553. The van der Waals surface area contributed by atoms with Gasteiger partial charge in [-0.2, -0.15) is 13.2 Å². The number of hydrogen-bond donors (Lipinski definition) is 1. The van der Waals surface area contributed by atoms with Crippen LogP contribution in [0.5, 0.6) is 0 Å². The number of halogens is 3. The zero-order chi connectivity index (χ0) is 8.20. The summed E-state index contributed by atoms with van der Waals surface area (Å²) in [6.45, 7) is 4.96. The van der Waals surface area contributed by atoms with Gasteiger partial charge < -0.3 is 5.32 Å². The molecule has 1 unspecified atom stereocenters. The van der Waals surface area contributed by atoms with Crippen LogP contribution in [-0.4, -0.2) is 18.8 Å². The Morgan fingerprint density at radius 3 is 2.20 bits per heavy atom. The van der Waals surface area contributed by atoms with Gasteiger partial charge in [0, 0.05) is 0 Å². The molecule has 0 amide bonds. The van der Waals surface area contributed by atoms with Crippen molar-refractivity contribution in [2.45, 2.75) is 19.1 Å². The van der Waals surface area contributed by atoms with Crippen molar-refractivity contribution < 1.29 is 13.2 Å². The van der Waals surface area contributed by atoms with Gasteiger partial charge >= 0.3 is 6.18 Å². The first-order chi connectivity index (χ1) is 4.52. The second-order valence-electron chi connectivity index (χ2n) is 1.81. The van der Waals surface area contributed by atoms with Crippen LogP contribution in [-0.2, 0) is 0 Å². The molecule has 0 saturated carbocycles. The predicted molar refractivity (Wildman–Crippen MR) is 33.7 cm³/mol. The third-order valence-corrected chi connectivity index (χ3v) is 1.01. The van der Waals surface area contributed by atoms with Gasteiger partial charge in [-0.1, -0.05) is 13.0 Å². The molecule has 0 heterocycles. The third-order valence-electron chi connectivity index (χ3n) is 1.01. The first-order valence-electron chi connectivity index (χ1n) is 2.95. The van der Waals surface area contributed by atoms with E-state index in [-0.39, 0.29) is 6.54 Å². The molecule has 0 saturated heterocycles. The Labute approximate surface area is 57.9 Å². The summed E-state index contributed by atoms with van der Waals surface area (Å²) >= 11 is 0. The molecule has 0 aromatic rings. The van der Waals surface area contributed by atoms with E-state index < -0.39 is 12.2 Å². The average Bonchev–Trinajstić information content (AvgIpc) is 1.80. The van der Waals surface area contributed by atoms with E-state index in [1.165, 1.54) is 0 Å². The van der Waals surface area contributed by atoms with Crippen molar-refractivity contribution in [2.24, 2.45) is 0 Å². The Morgan fingerprint density at radius 2 is 2.10 bits per heavy atom. The number of rotatable bonds is 3. The number of nitrogens with one attached hydrogen (secondary N) is 1. The van der Waals surface area contributed by atoms with Crippen LogP contribution in [0.15, 0.2) is 12.7 Å². The third kappa shape index (κ3) is 2.87. The molecule has 1 atom stereocenters. The molecule has 0 aliphatic heterocycles. The summed E-state index contributed by atoms with van der Waals surface area (Å²) in [6.07, 6.45) is -3.36. The zero-order valence-electron chi connectivity index (χ0n) is 5.70.